The number of aliphatic hydroxyl groups excluding tert-OH is 2. The van der Waals surface area contributed by atoms with E-state index in [1.165, 1.54) is 34.4 Å². The number of aliphatic hydroxyl groups is 2. The van der Waals surface area contributed by atoms with Gasteiger partial charge in [-0.1, -0.05) is 46.6 Å². The Hall–Kier alpha value is -5.11. The monoisotopic (exact) mass is 913 g/mol. The molecule has 4 aliphatic rings. The Kier molecular flexibility index (Phi) is 16.2. The highest BCUT2D eigenvalue weighted by atomic mass is 16.5. The zero-order valence-electron chi connectivity index (χ0n) is 40.3. The number of ether oxygens (including phenoxy) is 3. The van der Waals surface area contributed by atoms with Gasteiger partial charge in [0, 0.05) is 41.6 Å². The van der Waals surface area contributed by atoms with Crippen molar-refractivity contribution in [3.63, 3.8) is 0 Å². The number of carboxylic acid groups (broad SMARTS) is 1. The summed E-state index contributed by atoms with van der Waals surface area (Å²) in [5.41, 5.74) is 5.98. The van der Waals surface area contributed by atoms with E-state index in [-0.39, 0.29) is 61.4 Å². The van der Waals surface area contributed by atoms with Crippen LogP contribution in [0.15, 0.2) is 58.7 Å². The highest BCUT2D eigenvalue weighted by molar-refractivity contribution is 6.01. The second-order valence-electron chi connectivity index (χ2n) is 19.9. The average molecular weight is 913 g/mol. The fourth-order valence-electron chi connectivity index (χ4n) is 9.68. The van der Waals surface area contributed by atoms with Crippen LogP contribution in [0.25, 0.3) is 0 Å². The number of rotatable bonds is 21. The molecule has 6 rings (SSSR count). The van der Waals surface area contributed by atoms with Crippen LogP contribution in [0.2, 0.25) is 0 Å². The van der Waals surface area contributed by atoms with E-state index in [0.717, 1.165) is 25.7 Å². The second-order valence-corrected chi connectivity index (χ2v) is 19.9. The number of fused-ring (bicyclic) bond motifs is 6. The van der Waals surface area contributed by atoms with E-state index in [2.05, 4.69) is 65.8 Å². The van der Waals surface area contributed by atoms with Gasteiger partial charge in [0.1, 0.15) is 40.8 Å². The number of aromatic hydroxyl groups is 2. The third-order valence-corrected chi connectivity index (χ3v) is 13.9. The number of amides is 2. The molecule has 4 heterocycles. The molecule has 66 heavy (non-hydrogen) atoms. The molecule has 0 radical (unpaired) electrons. The molecule has 13 nitrogen and oxygen atoms in total. The highest BCUT2D eigenvalue weighted by Gasteiger charge is 2.46. The number of phenols is 2. The number of aliphatic carboxylic acids is 1. The maximum atomic E-state index is 14.2. The number of carbonyl (C=O) groups excluding carboxylic acids is 2. The Morgan fingerprint density at radius 2 is 1.23 bits per heavy atom. The predicted octanol–water partition coefficient (Wildman–Crippen LogP) is 9.01. The van der Waals surface area contributed by atoms with Crippen molar-refractivity contribution in [2.45, 2.75) is 175 Å². The van der Waals surface area contributed by atoms with Crippen molar-refractivity contribution in [1.82, 2.24) is 9.80 Å². The van der Waals surface area contributed by atoms with Gasteiger partial charge in [-0.3, -0.25) is 9.59 Å². The van der Waals surface area contributed by atoms with Crippen molar-refractivity contribution in [1.29, 1.82) is 0 Å². The molecule has 2 aromatic rings. The molecule has 0 bridgehead atoms. The van der Waals surface area contributed by atoms with Gasteiger partial charge in [-0.2, -0.15) is 0 Å². The topological polar surface area (TPSA) is 187 Å². The van der Waals surface area contributed by atoms with Crippen molar-refractivity contribution in [3.05, 3.63) is 92.1 Å². The highest BCUT2D eigenvalue weighted by Crippen LogP contribution is 2.48. The molecule has 5 atom stereocenters. The quantitative estimate of drug-likeness (QED) is 0.0753. The number of benzene rings is 2. The van der Waals surface area contributed by atoms with E-state index < -0.39 is 42.0 Å². The summed E-state index contributed by atoms with van der Waals surface area (Å²) in [7, 11) is 0. The minimum Gasteiger partial charge on any atom is -0.508 e. The smallest absolute Gasteiger partial charge is 0.329 e. The number of carbonyl (C=O) groups is 3. The molecule has 0 aromatic heterocycles. The Labute approximate surface area is 390 Å². The summed E-state index contributed by atoms with van der Waals surface area (Å²) in [6.07, 6.45) is 14.4. The third kappa shape index (κ3) is 11.5. The van der Waals surface area contributed by atoms with Gasteiger partial charge in [-0.05, 0) is 132 Å². The van der Waals surface area contributed by atoms with E-state index in [9.17, 15) is 39.9 Å². The molecule has 0 aliphatic carbocycles. The van der Waals surface area contributed by atoms with E-state index in [1.54, 1.807) is 9.80 Å². The maximum Gasteiger partial charge on any atom is 0.329 e. The summed E-state index contributed by atoms with van der Waals surface area (Å²) in [5.74, 6) is -1.17. The molecule has 0 fully saturated rings. The summed E-state index contributed by atoms with van der Waals surface area (Å²) in [5, 5.41) is 54.3. The van der Waals surface area contributed by atoms with E-state index >= 15 is 0 Å². The van der Waals surface area contributed by atoms with Gasteiger partial charge in [-0.15, -0.1) is 0 Å². The van der Waals surface area contributed by atoms with Crippen LogP contribution >= 0.6 is 0 Å². The molecule has 13 heteroatoms. The lowest BCUT2D eigenvalue weighted by Gasteiger charge is -2.41. The summed E-state index contributed by atoms with van der Waals surface area (Å²) in [4.78, 5) is 42.9. The van der Waals surface area contributed by atoms with Gasteiger partial charge < -0.3 is 49.5 Å². The van der Waals surface area contributed by atoms with Crippen LogP contribution in [0.5, 0.6) is 23.0 Å². The Morgan fingerprint density at radius 3 is 1.71 bits per heavy atom. The Bertz CT molecular complexity index is 2290. The number of hydrogen-bond donors (Lipinski definition) is 5. The van der Waals surface area contributed by atoms with E-state index in [0.29, 0.717) is 84.4 Å². The van der Waals surface area contributed by atoms with Crippen molar-refractivity contribution >= 4 is 17.8 Å². The molecule has 2 amide bonds. The molecule has 0 saturated heterocycles. The molecule has 4 aliphatic heterocycles. The van der Waals surface area contributed by atoms with Crippen LogP contribution in [0.1, 0.15) is 163 Å². The minimum atomic E-state index is -1.15. The lowest BCUT2D eigenvalue weighted by Crippen LogP contribution is -2.49. The zero-order valence-corrected chi connectivity index (χ0v) is 40.3. The molecule has 360 valence electrons. The first-order valence-electron chi connectivity index (χ1n) is 23.7. The third-order valence-electron chi connectivity index (χ3n) is 13.9. The lowest BCUT2D eigenvalue weighted by atomic mass is 9.84. The van der Waals surface area contributed by atoms with Gasteiger partial charge in [-0.25, -0.2) is 4.79 Å². The van der Waals surface area contributed by atoms with Gasteiger partial charge >= 0.3 is 5.97 Å². The maximum absolute atomic E-state index is 14.2. The van der Waals surface area contributed by atoms with Crippen molar-refractivity contribution < 1.29 is 54.1 Å². The fraction of sp³-hybridized carbons (Fsp3) is 0.566. The first-order valence-corrected chi connectivity index (χ1v) is 23.7. The Balaban J connectivity index is 1.14. The van der Waals surface area contributed by atoms with E-state index in [1.807, 2.05) is 13.8 Å². The van der Waals surface area contributed by atoms with Crippen LogP contribution in [0.4, 0.5) is 0 Å². The molecule has 2 aromatic carbocycles. The predicted molar refractivity (Wildman–Crippen MR) is 253 cm³/mol. The molecule has 0 unspecified atom stereocenters. The van der Waals surface area contributed by atoms with Crippen molar-refractivity contribution in [2.75, 3.05) is 19.8 Å². The summed E-state index contributed by atoms with van der Waals surface area (Å²) >= 11 is 0. The molecular weight excluding hydrogens is 841 g/mol. The number of phenolic OH excluding ortho intramolecular Hbond substituents is 2. The largest absolute Gasteiger partial charge is 0.508 e. The lowest BCUT2D eigenvalue weighted by molar-refractivity contribution is -0.142. The zero-order chi connectivity index (χ0) is 48.1. The first kappa shape index (κ1) is 50.3. The van der Waals surface area contributed by atoms with Gasteiger partial charge in [0.25, 0.3) is 11.8 Å². The van der Waals surface area contributed by atoms with Crippen LogP contribution in [0, 0.1) is 0 Å². The SMILES string of the molecule is CC(C)=CCC/C(C)=C/CC[C@@]1(C)Oc2c(c(O)cc3c2CN(CCC[C@@H](COCC(=O)O)N2Cc4c(cc(O)c5c4O[C@](C)(CC/C=C(\C)CCC=C(C)C)[C@@H](O)C5)C2=O)C3=O)C[C@@H]1O. The van der Waals surface area contributed by atoms with Crippen LogP contribution < -0.4 is 9.47 Å². The average Bonchev–Trinajstić information content (AvgIpc) is 3.73. The van der Waals surface area contributed by atoms with Crippen molar-refractivity contribution in [2.24, 2.45) is 0 Å². The number of carboxylic acids is 1. The van der Waals surface area contributed by atoms with Crippen LogP contribution in [0.3, 0.4) is 0 Å². The number of allylic oxidation sites excluding steroid dienone is 8. The standard InChI is InChI=1S/C53H72N2O11/c1-32(2)14-9-16-34(5)18-11-21-52(7)45(58)26-39-43(56)24-37-41(48(39)65-52)28-54(50(37)62)23-13-20-36(30-64-31-47(60)61)55-29-42-38(51(55)63)25-44(57)40-27-46(59)53(8,66-49(40)42)22-12-19-35(6)17-10-15-33(3)4/h14-15,18-19,24-25,36,45-46,56-59H,9-13,16-17,20-23,26-31H2,1-8H3,(H,60,61)/b34-18+,35-19+/t36-,45-,46-,52+,53+/m0/s1. The molecule has 5 N–H and O–H groups in total. The van der Waals surface area contributed by atoms with Gasteiger partial charge in [0.15, 0.2) is 0 Å². The van der Waals surface area contributed by atoms with Crippen LogP contribution in [-0.4, -0.2) is 102 Å². The van der Waals surface area contributed by atoms with Crippen LogP contribution in [-0.2, 0) is 35.5 Å². The van der Waals surface area contributed by atoms with Gasteiger partial charge in [0.05, 0.1) is 49.1 Å². The van der Waals surface area contributed by atoms with E-state index in [4.69, 9.17) is 14.2 Å². The van der Waals surface area contributed by atoms with Gasteiger partial charge in [0.2, 0.25) is 0 Å². The normalized spacial score (nSPS) is 22.8. The summed E-state index contributed by atoms with van der Waals surface area (Å²) in [6.45, 7) is 16.3. The number of nitrogens with zero attached hydrogens (tertiary/aromatic N) is 2. The first-order chi connectivity index (χ1) is 31.2. The van der Waals surface area contributed by atoms with Crippen molar-refractivity contribution in [3.8, 4) is 23.0 Å². The molecular formula is C53H72N2O11. The number of hydrogen-bond acceptors (Lipinski definition) is 10. The molecule has 0 saturated carbocycles. The molecule has 0 spiro atoms. The second kappa shape index (κ2) is 21.2. The Morgan fingerprint density at radius 1 is 0.742 bits per heavy atom. The summed E-state index contributed by atoms with van der Waals surface area (Å²) in [6, 6.07) is 2.30. The fourth-order valence-corrected chi connectivity index (χ4v) is 9.68. The summed E-state index contributed by atoms with van der Waals surface area (Å²) < 4.78 is 18.8. The minimum absolute atomic E-state index is 0.0781.